The van der Waals surface area contributed by atoms with E-state index in [0.29, 0.717) is 13.2 Å². The number of methoxy groups -OCH3 is 1. The van der Waals surface area contributed by atoms with Gasteiger partial charge in [0.1, 0.15) is 6.26 Å². The van der Waals surface area contributed by atoms with Crippen LogP contribution in [0.4, 0.5) is 0 Å². The van der Waals surface area contributed by atoms with Crippen LogP contribution in [0.1, 0.15) is 6.42 Å². The summed E-state index contributed by atoms with van der Waals surface area (Å²) < 4.78 is 4.76. The van der Waals surface area contributed by atoms with E-state index in [1.165, 1.54) is 6.26 Å². The van der Waals surface area contributed by atoms with E-state index in [4.69, 9.17) is 4.74 Å². The molecule has 0 aliphatic rings. The second kappa shape index (κ2) is 7.46. The highest BCUT2D eigenvalue weighted by Gasteiger charge is 1.84. The van der Waals surface area contributed by atoms with Crippen molar-refractivity contribution in [2.75, 3.05) is 20.3 Å². The highest BCUT2D eigenvalue weighted by Crippen LogP contribution is 1.83. The molecule has 0 saturated heterocycles. The number of rotatable bonds is 6. The summed E-state index contributed by atoms with van der Waals surface area (Å²) >= 11 is 0. The third-order valence-electron chi connectivity index (χ3n) is 0.712. The van der Waals surface area contributed by atoms with Gasteiger partial charge in [-0.1, -0.05) is 6.58 Å². The normalized spacial score (nSPS) is 9.00. The van der Waals surface area contributed by atoms with Crippen molar-refractivity contribution < 1.29 is 14.5 Å². The first-order valence-corrected chi connectivity index (χ1v) is 2.80. The maximum absolute atomic E-state index is 4.76. The number of ether oxygens (including phenoxy) is 1. The van der Waals surface area contributed by atoms with E-state index in [1.54, 1.807) is 7.11 Å². The summed E-state index contributed by atoms with van der Waals surface area (Å²) in [5, 5.41) is 0. The Morgan fingerprint density at radius 3 is 2.78 bits per heavy atom. The van der Waals surface area contributed by atoms with Gasteiger partial charge in [-0.05, 0) is 6.42 Å². The fourth-order valence-corrected chi connectivity index (χ4v) is 0.358. The van der Waals surface area contributed by atoms with Gasteiger partial charge in [0.2, 0.25) is 0 Å². The zero-order valence-corrected chi connectivity index (χ0v) is 5.63. The first-order chi connectivity index (χ1) is 4.41. The van der Waals surface area contributed by atoms with Gasteiger partial charge in [-0.15, -0.1) is 0 Å². The van der Waals surface area contributed by atoms with Gasteiger partial charge in [0.15, 0.2) is 0 Å². The molecule has 9 heavy (non-hydrogen) atoms. The Morgan fingerprint density at radius 1 is 1.44 bits per heavy atom. The summed E-state index contributed by atoms with van der Waals surface area (Å²) in [6.07, 6.45) is 2.08. The van der Waals surface area contributed by atoms with E-state index in [-0.39, 0.29) is 0 Å². The maximum atomic E-state index is 4.76. The van der Waals surface area contributed by atoms with E-state index in [9.17, 15) is 0 Å². The molecule has 0 radical (unpaired) electrons. The Morgan fingerprint density at radius 2 is 2.22 bits per heavy atom. The van der Waals surface area contributed by atoms with Gasteiger partial charge in [-0.2, -0.15) is 4.89 Å². The third-order valence-corrected chi connectivity index (χ3v) is 0.712. The average molecular weight is 132 g/mol. The molecular formula is C6H12O3. The predicted octanol–water partition coefficient (Wildman–Crippen LogP) is 1.11. The summed E-state index contributed by atoms with van der Waals surface area (Å²) in [6, 6.07) is 0. The van der Waals surface area contributed by atoms with Crippen molar-refractivity contribution in [1.82, 2.24) is 0 Å². The summed E-state index contributed by atoms with van der Waals surface area (Å²) in [6.45, 7) is 4.54. The van der Waals surface area contributed by atoms with Crippen molar-refractivity contribution in [1.29, 1.82) is 0 Å². The second-order valence-corrected chi connectivity index (χ2v) is 1.43. The van der Waals surface area contributed by atoms with Crippen molar-refractivity contribution in [3.63, 3.8) is 0 Å². The van der Waals surface area contributed by atoms with E-state index in [1.807, 2.05) is 0 Å². The Hall–Kier alpha value is -0.540. The van der Waals surface area contributed by atoms with Gasteiger partial charge in [-0.25, -0.2) is 0 Å². The average Bonchev–Trinajstić information content (AvgIpc) is 1.89. The quantitative estimate of drug-likeness (QED) is 0.234. The lowest BCUT2D eigenvalue weighted by Gasteiger charge is -1.98. The topological polar surface area (TPSA) is 27.7 Å². The maximum Gasteiger partial charge on any atom is 0.122 e. The van der Waals surface area contributed by atoms with Crippen molar-refractivity contribution >= 4 is 0 Å². The molecule has 0 rings (SSSR count). The van der Waals surface area contributed by atoms with Gasteiger partial charge < -0.3 is 9.62 Å². The molecule has 0 heterocycles. The third kappa shape index (κ3) is 7.46. The van der Waals surface area contributed by atoms with Crippen molar-refractivity contribution in [2.24, 2.45) is 0 Å². The Labute approximate surface area is 55.1 Å². The largest absolute Gasteiger partial charge is 0.385 e. The first-order valence-electron chi connectivity index (χ1n) is 2.80. The molecule has 0 aliphatic heterocycles. The molecule has 0 aromatic carbocycles. The fourth-order valence-electron chi connectivity index (χ4n) is 0.358. The SMILES string of the molecule is C=COOCCCOC. The van der Waals surface area contributed by atoms with Crippen molar-refractivity contribution in [2.45, 2.75) is 6.42 Å². The lowest BCUT2D eigenvalue weighted by atomic mass is 10.5. The molecule has 0 amide bonds. The zero-order chi connectivity index (χ0) is 6.95. The fraction of sp³-hybridized carbons (Fsp3) is 0.667. The van der Waals surface area contributed by atoms with Gasteiger partial charge in [0.25, 0.3) is 0 Å². The summed E-state index contributed by atoms with van der Waals surface area (Å²) in [5.74, 6) is 0. The first kappa shape index (κ1) is 8.46. The molecule has 0 bridgehead atoms. The minimum absolute atomic E-state index is 0.542. The van der Waals surface area contributed by atoms with Gasteiger partial charge in [-0.3, -0.25) is 0 Å². The Balaban J connectivity index is 2.66. The Bertz CT molecular complexity index is 63.3. The lowest BCUT2D eigenvalue weighted by molar-refractivity contribution is -0.249. The molecule has 0 fully saturated rings. The molecule has 0 spiro atoms. The highest BCUT2D eigenvalue weighted by atomic mass is 17.2. The van der Waals surface area contributed by atoms with Crippen LogP contribution in [0.3, 0.4) is 0 Å². The molecule has 54 valence electrons. The smallest absolute Gasteiger partial charge is 0.122 e. The molecule has 0 N–H and O–H groups in total. The molecule has 0 aromatic rings. The molecule has 0 aliphatic carbocycles. The van der Waals surface area contributed by atoms with Crippen LogP contribution in [0.25, 0.3) is 0 Å². The van der Waals surface area contributed by atoms with E-state index in [2.05, 4.69) is 16.4 Å². The van der Waals surface area contributed by atoms with E-state index < -0.39 is 0 Å². The van der Waals surface area contributed by atoms with Crippen LogP contribution in [0.15, 0.2) is 12.8 Å². The highest BCUT2D eigenvalue weighted by molar-refractivity contribution is 4.42. The van der Waals surface area contributed by atoms with Crippen LogP contribution in [0.2, 0.25) is 0 Å². The summed E-state index contributed by atoms with van der Waals surface area (Å²) in [7, 11) is 1.65. The summed E-state index contributed by atoms with van der Waals surface area (Å²) in [5.41, 5.74) is 0. The standard InChI is InChI=1S/C6H12O3/c1-3-8-9-6-4-5-7-2/h3H,1,4-6H2,2H3. The van der Waals surface area contributed by atoms with Crippen LogP contribution in [-0.2, 0) is 14.5 Å². The van der Waals surface area contributed by atoms with Gasteiger partial charge in [0.05, 0.1) is 6.61 Å². The van der Waals surface area contributed by atoms with Gasteiger partial charge >= 0.3 is 0 Å². The minimum Gasteiger partial charge on any atom is -0.385 e. The minimum atomic E-state index is 0.542. The molecule has 3 heteroatoms. The van der Waals surface area contributed by atoms with Crippen LogP contribution >= 0.6 is 0 Å². The van der Waals surface area contributed by atoms with Crippen LogP contribution in [-0.4, -0.2) is 20.3 Å². The summed E-state index contributed by atoms with van der Waals surface area (Å²) in [4.78, 5) is 8.98. The van der Waals surface area contributed by atoms with Crippen LogP contribution in [0, 0.1) is 0 Å². The molecule has 0 saturated carbocycles. The predicted molar refractivity (Wildman–Crippen MR) is 33.7 cm³/mol. The molecule has 3 nitrogen and oxygen atoms in total. The van der Waals surface area contributed by atoms with Crippen LogP contribution in [0.5, 0.6) is 0 Å². The zero-order valence-electron chi connectivity index (χ0n) is 5.63. The Kier molecular flexibility index (Phi) is 7.01. The van der Waals surface area contributed by atoms with E-state index in [0.717, 1.165) is 6.42 Å². The van der Waals surface area contributed by atoms with Crippen molar-refractivity contribution in [3.05, 3.63) is 12.8 Å². The molecule has 0 unspecified atom stereocenters. The number of hydrogen-bond donors (Lipinski definition) is 0. The van der Waals surface area contributed by atoms with Crippen LogP contribution < -0.4 is 0 Å². The number of hydrogen-bond acceptors (Lipinski definition) is 3. The molecule has 0 aromatic heterocycles. The van der Waals surface area contributed by atoms with Gasteiger partial charge in [0, 0.05) is 13.7 Å². The van der Waals surface area contributed by atoms with Crippen molar-refractivity contribution in [3.8, 4) is 0 Å². The molecular weight excluding hydrogens is 120 g/mol. The second-order valence-electron chi connectivity index (χ2n) is 1.43. The molecule has 0 atom stereocenters. The lowest BCUT2D eigenvalue weighted by Crippen LogP contribution is -1.96. The monoisotopic (exact) mass is 132 g/mol. The van der Waals surface area contributed by atoms with E-state index >= 15 is 0 Å².